The summed E-state index contributed by atoms with van der Waals surface area (Å²) >= 11 is 5.06. The molecule has 0 amide bonds. The zero-order chi connectivity index (χ0) is 11.8. The zero-order valence-corrected chi connectivity index (χ0v) is 10.5. The molecular weight excluding hydrogens is 218 g/mol. The molecule has 0 aromatic heterocycles. The third kappa shape index (κ3) is 5.46. The lowest BCUT2D eigenvalue weighted by molar-refractivity contribution is 0.836. The molecule has 0 heterocycles. The highest BCUT2D eigenvalue weighted by molar-refractivity contribution is 7.80. The number of nitrogens with zero attached hydrogens (tertiary/aromatic N) is 1. The van der Waals surface area contributed by atoms with Gasteiger partial charge in [0.2, 0.25) is 0 Å². The molecule has 86 valence electrons. The molecule has 0 unspecified atom stereocenters. The number of hydrogen-bond donors (Lipinski definition) is 2. The molecule has 3 nitrogen and oxygen atoms in total. The van der Waals surface area contributed by atoms with Crippen LogP contribution in [0.4, 0.5) is 0 Å². The zero-order valence-electron chi connectivity index (χ0n) is 9.66. The van der Waals surface area contributed by atoms with Crippen molar-refractivity contribution in [3.8, 4) is 0 Å². The third-order valence-corrected chi connectivity index (χ3v) is 2.16. The first-order chi connectivity index (χ1) is 7.68. The molecule has 0 aliphatic carbocycles. The Labute approximate surface area is 102 Å². The third-order valence-electron chi connectivity index (χ3n) is 1.92. The van der Waals surface area contributed by atoms with Crippen LogP contribution in [0.25, 0.3) is 0 Å². The van der Waals surface area contributed by atoms with E-state index in [1.165, 1.54) is 5.56 Å². The van der Waals surface area contributed by atoms with Crippen LogP contribution in [-0.4, -0.2) is 17.4 Å². The number of nitrogens with one attached hydrogen (secondary N) is 2. The Morgan fingerprint density at radius 3 is 2.56 bits per heavy atom. The Morgan fingerprint density at radius 2 is 1.94 bits per heavy atom. The maximum absolute atomic E-state index is 5.06. The van der Waals surface area contributed by atoms with Crippen molar-refractivity contribution in [3.05, 3.63) is 35.9 Å². The van der Waals surface area contributed by atoms with E-state index in [1.54, 1.807) is 0 Å². The van der Waals surface area contributed by atoms with Gasteiger partial charge in [0.25, 0.3) is 0 Å². The van der Waals surface area contributed by atoms with Crippen molar-refractivity contribution in [3.63, 3.8) is 0 Å². The predicted octanol–water partition coefficient (Wildman–Crippen LogP) is 2.09. The van der Waals surface area contributed by atoms with Crippen molar-refractivity contribution in [1.82, 2.24) is 10.7 Å². The first kappa shape index (κ1) is 12.6. The van der Waals surface area contributed by atoms with E-state index in [1.807, 2.05) is 32.0 Å². The van der Waals surface area contributed by atoms with Crippen LogP contribution in [0.5, 0.6) is 0 Å². The lowest BCUT2D eigenvalue weighted by Gasteiger charge is -2.07. The molecule has 4 heteroatoms. The maximum atomic E-state index is 5.06. The normalized spacial score (nSPS) is 9.38. The van der Waals surface area contributed by atoms with E-state index in [4.69, 9.17) is 12.2 Å². The van der Waals surface area contributed by atoms with Gasteiger partial charge in [0, 0.05) is 12.3 Å². The van der Waals surface area contributed by atoms with Crippen LogP contribution in [0, 0.1) is 0 Å². The average molecular weight is 235 g/mol. The summed E-state index contributed by atoms with van der Waals surface area (Å²) in [5.74, 6) is 0. The fourth-order valence-electron chi connectivity index (χ4n) is 1.17. The number of rotatable bonds is 4. The minimum Gasteiger partial charge on any atom is -0.361 e. The molecule has 1 aromatic rings. The van der Waals surface area contributed by atoms with Crippen LogP contribution in [0.15, 0.2) is 35.4 Å². The summed E-state index contributed by atoms with van der Waals surface area (Å²) in [5.41, 5.74) is 5.03. The molecule has 0 fully saturated rings. The number of hydrogen-bond acceptors (Lipinski definition) is 2. The SMILES string of the molecule is CC(C)=NNC(=S)NCCc1ccccc1. The van der Waals surface area contributed by atoms with Gasteiger partial charge in [0.1, 0.15) is 0 Å². The van der Waals surface area contributed by atoms with Gasteiger partial charge in [-0.25, -0.2) is 0 Å². The molecule has 16 heavy (non-hydrogen) atoms. The Hall–Kier alpha value is -1.42. The second-order valence-corrected chi connectivity index (χ2v) is 4.07. The molecule has 0 aliphatic heterocycles. The van der Waals surface area contributed by atoms with Gasteiger partial charge >= 0.3 is 0 Å². The lowest BCUT2D eigenvalue weighted by Crippen LogP contribution is -2.33. The highest BCUT2D eigenvalue weighted by Crippen LogP contribution is 1.97. The van der Waals surface area contributed by atoms with Crippen LogP contribution >= 0.6 is 12.2 Å². The van der Waals surface area contributed by atoms with E-state index < -0.39 is 0 Å². The van der Waals surface area contributed by atoms with Crippen LogP contribution in [0.3, 0.4) is 0 Å². The van der Waals surface area contributed by atoms with Gasteiger partial charge in [-0.05, 0) is 38.0 Å². The van der Waals surface area contributed by atoms with Crippen molar-refractivity contribution >= 4 is 23.0 Å². The standard InChI is InChI=1S/C12H17N3S/c1-10(2)14-15-12(16)13-9-8-11-6-4-3-5-7-11/h3-7H,8-9H2,1-2H3,(H2,13,15,16). The Bertz CT molecular complexity index is 356. The van der Waals surface area contributed by atoms with Crippen molar-refractivity contribution in [2.45, 2.75) is 20.3 Å². The van der Waals surface area contributed by atoms with Crippen LogP contribution in [0.1, 0.15) is 19.4 Å². The predicted molar refractivity (Wildman–Crippen MR) is 72.7 cm³/mol. The van der Waals surface area contributed by atoms with Crippen LogP contribution in [0.2, 0.25) is 0 Å². The smallest absolute Gasteiger partial charge is 0.186 e. The van der Waals surface area contributed by atoms with Gasteiger partial charge < -0.3 is 5.32 Å². The first-order valence-electron chi connectivity index (χ1n) is 5.27. The highest BCUT2D eigenvalue weighted by atomic mass is 32.1. The molecular formula is C12H17N3S. The van der Waals surface area contributed by atoms with Gasteiger partial charge in [-0.1, -0.05) is 30.3 Å². The Morgan fingerprint density at radius 1 is 1.25 bits per heavy atom. The number of thiocarbonyl (C=S) groups is 1. The molecule has 0 bridgehead atoms. The van der Waals surface area contributed by atoms with E-state index in [9.17, 15) is 0 Å². The quantitative estimate of drug-likeness (QED) is 0.476. The van der Waals surface area contributed by atoms with E-state index >= 15 is 0 Å². The van der Waals surface area contributed by atoms with E-state index in [2.05, 4.69) is 28.0 Å². The number of hydrazone groups is 1. The maximum Gasteiger partial charge on any atom is 0.186 e. The Kier molecular flexibility index (Phi) is 5.50. The summed E-state index contributed by atoms with van der Waals surface area (Å²) in [7, 11) is 0. The van der Waals surface area contributed by atoms with E-state index in [0.717, 1.165) is 18.7 Å². The molecule has 1 rings (SSSR count). The molecule has 0 atom stereocenters. The summed E-state index contributed by atoms with van der Waals surface area (Å²) < 4.78 is 0. The summed E-state index contributed by atoms with van der Waals surface area (Å²) in [6.07, 6.45) is 0.956. The van der Waals surface area contributed by atoms with Gasteiger partial charge in [-0.3, -0.25) is 5.43 Å². The highest BCUT2D eigenvalue weighted by Gasteiger charge is 1.94. The lowest BCUT2D eigenvalue weighted by atomic mass is 10.1. The monoisotopic (exact) mass is 235 g/mol. The van der Waals surface area contributed by atoms with Crippen LogP contribution < -0.4 is 10.7 Å². The average Bonchev–Trinajstić information content (AvgIpc) is 2.28. The van der Waals surface area contributed by atoms with Crippen molar-refractivity contribution in [2.75, 3.05) is 6.54 Å². The fourth-order valence-corrected chi connectivity index (χ4v) is 1.31. The minimum atomic E-state index is 0.567. The second kappa shape index (κ2) is 6.95. The van der Waals surface area contributed by atoms with Crippen molar-refractivity contribution < 1.29 is 0 Å². The van der Waals surface area contributed by atoms with Gasteiger partial charge in [-0.2, -0.15) is 5.10 Å². The molecule has 0 saturated heterocycles. The van der Waals surface area contributed by atoms with Gasteiger partial charge in [0.05, 0.1) is 0 Å². The van der Waals surface area contributed by atoms with Gasteiger partial charge in [0.15, 0.2) is 5.11 Å². The Balaban J connectivity index is 2.21. The molecule has 0 spiro atoms. The first-order valence-corrected chi connectivity index (χ1v) is 5.68. The molecule has 1 aromatic carbocycles. The summed E-state index contributed by atoms with van der Waals surface area (Å²) in [4.78, 5) is 0. The fraction of sp³-hybridized carbons (Fsp3) is 0.333. The molecule has 0 radical (unpaired) electrons. The van der Waals surface area contributed by atoms with E-state index in [0.29, 0.717) is 5.11 Å². The number of benzene rings is 1. The summed E-state index contributed by atoms with van der Waals surface area (Å²) in [6, 6.07) is 10.3. The van der Waals surface area contributed by atoms with Crippen molar-refractivity contribution in [2.24, 2.45) is 5.10 Å². The molecule has 0 aliphatic rings. The molecule has 0 saturated carbocycles. The van der Waals surface area contributed by atoms with Crippen LogP contribution in [-0.2, 0) is 6.42 Å². The van der Waals surface area contributed by atoms with Gasteiger partial charge in [-0.15, -0.1) is 0 Å². The van der Waals surface area contributed by atoms with E-state index in [-0.39, 0.29) is 0 Å². The minimum absolute atomic E-state index is 0.567. The second-order valence-electron chi connectivity index (χ2n) is 3.66. The van der Waals surface area contributed by atoms with Crippen molar-refractivity contribution in [1.29, 1.82) is 0 Å². The topological polar surface area (TPSA) is 36.4 Å². The molecule has 2 N–H and O–H groups in total. The summed E-state index contributed by atoms with van der Waals surface area (Å²) in [6.45, 7) is 4.65. The largest absolute Gasteiger partial charge is 0.361 e. The summed E-state index contributed by atoms with van der Waals surface area (Å²) in [5, 5.41) is 7.68.